The van der Waals surface area contributed by atoms with Crippen LogP contribution in [-0.4, -0.2) is 25.8 Å². The molecule has 0 aliphatic rings. The molecule has 0 saturated heterocycles. The Bertz CT molecular complexity index is 708. The Morgan fingerprint density at radius 3 is 2.71 bits per heavy atom. The summed E-state index contributed by atoms with van der Waals surface area (Å²) in [6.07, 6.45) is 0. The molecule has 0 fully saturated rings. The lowest BCUT2D eigenvalue weighted by Gasteiger charge is -2.12. The molecule has 1 unspecified atom stereocenters. The minimum atomic E-state index is -0.365. The van der Waals surface area contributed by atoms with E-state index in [0.717, 1.165) is 0 Å². The van der Waals surface area contributed by atoms with Crippen molar-refractivity contribution in [2.75, 3.05) is 0 Å². The number of aromatic amines is 1. The average Bonchev–Trinajstić information content (AvgIpc) is 2.78. The number of thioether (sulfide) groups is 1. The Balaban J connectivity index is 2.20. The molecule has 7 heteroatoms. The average molecular weight is 326 g/mol. The fraction of sp³-hybridized carbons (Fsp3) is 0.357. The van der Waals surface area contributed by atoms with Gasteiger partial charge in [-0.2, -0.15) is 0 Å². The Labute approximate surface area is 131 Å². The second-order valence-corrected chi connectivity index (χ2v) is 6.65. The predicted octanol–water partition coefficient (Wildman–Crippen LogP) is 3.17. The van der Waals surface area contributed by atoms with Gasteiger partial charge in [-0.1, -0.05) is 35.5 Å². The van der Waals surface area contributed by atoms with Crippen LogP contribution in [0.4, 0.5) is 0 Å². The Hall–Kier alpha value is -1.53. The van der Waals surface area contributed by atoms with E-state index in [9.17, 15) is 9.59 Å². The zero-order valence-corrected chi connectivity index (χ0v) is 13.5. The molecule has 2 rings (SSSR count). The molecule has 0 spiro atoms. The maximum atomic E-state index is 12.4. The van der Waals surface area contributed by atoms with Crippen LogP contribution in [0.25, 0.3) is 0 Å². The predicted molar refractivity (Wildman–Crippen MR) is 84.3 cm³/mol. The largest absolute Gasteiger partial charge is 0.344 e. The van der Waals surface area contributed by atoms with Crippen molar-refractivity contribution >= 4 is 29.1 Å². The van der Waals surface area contributed by atoms with Crippen LogP contribution in [0, 0.1) is 0 Å². The topological polar surface area (TPSA) is 67.8 Å². The number of Topliss-reactive ketones (excluding diaryl/α,β-unsaturated/α-hetero) is 1. The van der Waals surface area contributed by atoms with Gasteiger partial charge in [0.1, 0.15) is 0 Å². The first-order chi connectivity index (χ1) is 9.90. The third kappa shape index (κ3) is 3.57. The van der Waals surface area contributed by atoms with Crippen molar-refractivity contribution in [3.8, 4) is 0 Å². The molecular formula is C14H16ClN3O2S. The Morgan fingerprint density at radius 2 is 2.10 bits per heavy atom. The molecule has 2 aromatic rings. The second kappa shape index (κ2) is 6.49. The molecule has 0 radical (unpaired) electrons. The number of hydrogen-bond donors (Lipinski definition) is 1. The van der Waals surface area contributed by atoms with Crippen molar-refractivity contribution in [3.63, 3.8) is 0 Å². The van der Waals surface area contributed by atoms with Crippen molar-refractivity contribution in [2.45, 2.75) is 37.2 Å². The van der Waals surface area contributed by atoms with Crippen molar-refractivity contribution < 1.29 is 4.79 Å². The summed E-state index contributed by atoms with van der Waals surface area (Å²) in [5.41, 5.74) is 0.284. The lowest BCUT2D eigenvalue weighted by molar-refractivity contribution is 0.0994. The number of nitrogens with zero attached hydrogens (tertiary/aromatic N) is 2. The van der Waals surface area contributed by atoms with Crippen molar-refractivity contribution in [3.05, 3.63) is 45.3 Å². The highest BCUT2D eigenvalue weighted by molar-refractivity contribution is 8.00. The molecule has 0 aliphatic carbocycles. The molecule has 0 bridgehead atoms. The molecule has 0 saturated carbocycles. The molecule has 0 amide bonds. The van der Waals surface area contributed by atoms with E-state index >= 15 is 0 Å². The van der Waals surface area contributed by atoms with Gasteiger partial charge in [0.25, 0.3) is 0 Å². The van der Waals surface area contributed by atoms with Gasteiger partial charge in [0, 0.05) is 16.6 Å². The third-order valence-electron chi connectivity index (χ3n) is 2.95. The number of benzene rings is 1. The summed E-state index contributed by atoms with van der Waals surface area (Å²) in [4.78, 5) is 24.1. The molecule has 1 heterocycles. The van der Waals surface area contributed by atoms with Gasteiger partial charge in [0.05, 0.1) is 5.25 Å². The Kier molecular flexibility index (Phi) is 4.90. The van der Waals surface area contributed by atoms with E-state index < -0.39 is 0 Å². The van der Waals surface area contributed by atoms with E-state index in [0.29, 0.717) is 15.7 Å². The summed E-state index contributed by atoms with van der Waals surface area (Å²) in [5.74, 6) is -0.0479. The first-order valence-corrected chi connectivity index (χ1v) is 7.79. The highest BCUT2D eigenvalue weighted by Crippen LogP contribution is 2.25. The monoisotopic (exact) mass is 325 g/mol. The highest BCUT2D eigenvalue weighted by atomic mass is 35.5. The fourth-order valence-electron chi connectivity index (χ4n) is 1.92. The van der Waals surface area contributed by atoms with Gasteiger partial charge in [-0.3, -0.25) is 9.36 Å². The van der Waals surface area contributed by atoms with Crippen LogP contribution >= 0.6 is 23.4 Å². The number of hydrogen-bond acceptors (Lipinski definition) is 4. The third-order valence-corrected chi connectivity index (χ3v) is 4.25. The number of rotatable bonds is 5. The Morgan fingerprint density at radius 1 is 1.38 bits per heavy atom. The van der Waals surface area contributed by atoms with Gasteiger partial charge in [-0.15, -0.1) is 5.10 Å². The molecule has 5 nitrogen and oxygen atoms in total. The van der Waals surface area contributed by atoms with Crippen LogP contribution < -0.4 is 5.69 Å². The molecule has 1 aromatic heterocycles. The number of carbonyl (C=O) groups excluding carboxylic acids is 1. The number of H-pyrrole nitrogens is 1. The van der Waals surface area contributed by atoms with E-state index in [2.05, 4.69) is 10.2 Å². The van der Waals surface area contributed by atoms with Crippen LogP contribution in [-0.2, 0) is 0 Å². The van der Waals surface area contributed by atoms with Gasteiger partial charge in [-0.05, 0) is 32.9 Å². The first-order valence-electron chi connectivity index (χ1n) is 6.53. The van der Waals surface area contributed by atoms with Crippen LogP contribution in [0.2, 0.25) is 5.02 Å². The smallest absolute Gasteiger partial charge is 0.293 e. The molecular weight excluding hydrogens is 310 g/mol. The number of nitrogens with one attached hydrogen (secondary N) is 1. The van der Waals surface area contributed by atoms with Crippen molar-refractivity contribution in [2.24, 2.45) is 0 Å². The summed E-state index contributed by atoms with van der Waals surface area (Å²) in [6.45, 7) is 5.58. The molecule has 112 valence electrons. The minimum Gasteiger partial charge on any atom is -0.293 e. The van der Waals surface area contributed by atoms with Crippen LogP contribution in [0.5, 0.6) is 0 Å². The lowest BCUT2D eigenvalue weighted by Crippen LogP contribution is -2.21. The normalized spacial score (nSPS) is 12.6. The number of aromatic nitrogens is 3. The number of ketones is 1. The molecule has 21 heavy (non-hydrogen) atoms. The summed E-state index contributed by atoms with van der Waals surface area (Å²) in [5, 5.41) is 7.07. The maximum Gasteiger partial charge on any atom is 0.344 e. The summed E-state index contributed by atoms with van der Waals surface area (Å²) in [6, 6.07) is 6.81. The number of carbonyl (C=O) groups is 1. The van der Waals surface area contributed by atoms with Crippen molar-refractivity contribution in [1.82, 2.24) is 14.8 Å². The number of halogens is 1. The van der Waals surface area contributed by atoms with E-state index in [1.807, 2.05) is 13.8 Å². The van der Waals surface area contributed by atoms with Crippen molar-refractivity contribution in [1.29, 1.82) is 0 Å². The molecule has 1 atom stereocenters. The molecule has 0 aliphatic heterocycles. The minimum absolute atomic E-state index is 0.0211. The van der Waals surface area contributed by atoms with Gasteiger partial charge >= 0.3 is 5.69 Å². The van der Waals surface area contributed by atoms with E-state index in [4.69, 9.17) is 11.6 Å². The van der Waals surface area contributed by atoms with E-state index in [1.165, 1.54) is 16.3 Å². The maximum absolute atomic E-state index is 12.4. The summed E-state index contributed by atoms with van der Waals surface area (Å²) in [7, 11) is 0. The standard InChI is InChI=1S/C14H16ClN3O2S/c1-8(2)18-13(20)16-17-14(18)21-9(3)12(19)10-5-4-6-11(15)7-10/h4-9H,1-3H3,(H,16,20). The van der Waals surface area contributed by atoms with E-state index in [1.54, 1.807) is 31.2 Å². The van der Waals surface area contributed by atoms with Crippen LogP contribution in [0.3, 0.4) is 0 Å². The van der Waals surface area contributed by atoms with Gasteiger partial charge in [0.2, 0.25) is 0 Å². The molecule has 1 N–H and O–H groups in total. The zero-order chi connectivity index (χ0) is 15.6. The van der Waals surface area contributed by atoms with Gasteiger partial charge < -0.3 is 0 Å². The summed E-state index contributed by atoms with van der Waals surface area (Å²) >= 11 is 7.16. The fourth-order valence-corrected chi connectivity index (χ4v) is 3.17. The van der Waals surface area contributed by atoms with Gasteiger partial charge in [0.15, 0.2) is 10.9 Å². The SMILES string of the molecule is CC(Sc1n[nH]c(=O)n1C(C)C)C(=O)c1cccc(Cl)c1. The highest BCUT2D eigenvalue weighted by Gasteiger charge is 2.21. The quantitative estimate of drug-likeness (QED) is 0.677. The zero-order valence-electron chi connectivity index (χ0n) is 12.0. The summed E-state index contributed by atoms with van der Waals surface area (Å²) < 4.78 is 1.53. The second-order valence-electron chi connectivity index (χ2n) is 4.91. The van der Waals surface area contributed by atoms with E-state index in [-0.39, 0.29) is 22.8 Å². The molecule has 1 aromatic carbocycles. The van der Waals surface area contributed by atoms with Gasteiger partial charge in [-0.25, -0.2) is 9.89 Å². The lowest BCUT2D eigenvalue weighted by atomic mass is 10.1. The first kappa shape index (κ1) is 15.9. The van der Waals surface area contributed by atoms with Crippen LogP contribution in [0.1, 0.15) is 37.2 Å². The van der Waals surface area contributed by atoms with Crippen LogP contribution in [0.15, 0.2) is 34.2 Å².